The minimum absolute atomic E-state index is 0.130. The van der Waals surface area contributed by atoms with Gasteiger partial charge in [0.25, 0.3) is 0 Å². The van der Waals surface area contributed by atoms with Crippen molar-refractivity contribution < 1.29 is 19.1 Å². The molecule has 0 saturated carbocycles. The molecule has 24 heavy (non-hydrogen) atoms. The summed E-state index contributed by atoms with van der Waals surface area (Å²) in [5, 5.41) is 3.38. The van der Waals surface area contributed by atoms with E-state index < -0.39 is 5.60 Å². The van der Waals surface area contributed by atoms with Crippen molar-refractivity contribution in [3.63, 3.8) is 0 Å². The number of hydrogen-bond donors (Lipinski definition) is 1. The van der Waals surface area contributed by atoms with Crippen molar-refractivity contribution in [3.05, 3.63) is 29.3 Å². The topological polar surface area (TPSA) is 67.9 Å². The van der Waals surface area contributed by atoms with Gasteiger partial charge < -0.3 is 19.7 Å². The molecule has 0 radical (unpaired) electrons. The summed E-state index contributed by atoms with van der Waals surface area (Å²) in [5.41, 5.74) is 1.77. The van der Waals surface area contributed by atoms with Crippen LogP contribution >= 0.6 is 0 Å². The van der Waals surface area contributed by atoms with E-state index in [1.165, 1.54) is 7.11 Å². The molecule has 1 unspecified atom stereocenters. The summed E-state index contributed by atoms with van der Waals surface area (Å²) in [4.78, 5) is 25.6. The number of carbonyl (C=O) groups excluding carboxylic acids is 2. The fraction of sp³-hybridized carbons (Fsp3) is 0.556. The van der Waals surface area contributed by atoms with Gasteiger partial charge in [-0.3, -0.25) is 0 Å². The van der Waals surface area contributed by atoms with Crippen molar-refractivity contribution in [1.82, 2.24) is 4.90 Å². The first-order valence-corrected chi connectivity index (χ1v) is 8.13. The molecule has 132 valence electrons. The Kier molecular flexibility index (Phi) is 5.36. The van der Waals surface area contributed by atoms with Crippen molar-refractivity contribution in [1.29, 1.82) is 0 Å². The molecule has 1 aliphatic heterocycles. The SMILES string of the molecule is COC(=O)c1cc(NC2CCN(C(=O)OC(C)(C)C)C2)ccc1C. The number of nitrogens with zero attached hydrogens (tertiary/aromatic N) is 1. The largest absolute Gasteiger partial charge is 0.465 e. The fourth-order valence-corrected chi connectivity index (χ4v) is 2.65. The minimum Gasteiger partial charge on any atom is -0.465 e. The van der Waals surface area contributed by atoms with Crippen LogP contribution in [0.2, 0.25) is 0 Å². The molecule has 0 bridgehead atoms. The van der Waals surface area contributed by atoms with E-state index in [0.717, 1.165) is 17.7 Å². The van der Waals surface area contributed by atoms with E-state index in [9.17, 15) is 9.59 Å². The molecule has 0 aliphatic carbocycles. The van der Waals surface area contributed by atoms with Crippen molar-refractivity contribution >= 4 is 17.7 Å². The van der Waals surface area contributed by atoms with E-state index in [1.54, 1.807) is 11.0 Å². The number of likely N-dealkylation sites (tertiary alicyclic amines) is 1. The van der Waals surface area contributed by atoms with Gasteiger partial charge in [-0.2, -0.15) is 0 Å². The Morgan fingerprint density at radius 1 is 1.29 bits per heavy atom. The number of benzene rings is 1. The third-order valence-electron chi connectivity index (χ3n) is 3.85. The van der Waals surface area contributed by atoms with Crippen LogP contribution in [0.3, 0.4) is 0 Å². The van der Waals surface area contributed by atoms with Gasteiger partial charge in [-0.1, -0.05) is 6.07 Å². The summed E-state index contributed by atoms with van der Waals surface area (Å²) in [7, 11) is 1.37. The summed E-state index contributed by atoms with van der Waals surface area (Å²) >= 11 is 0. The zero-order valence-corrected chi connectivity index (χ0v) is 15.0. The number of rotatable bonds is 3. The lowest BCUT2D eigenvalue weighted by Crippen LogP contribution is -2.36. The van der Waals surface area contributed by atoms with Gasteiger partial charge in [0.2, 0.25) is 0 Å². The monoisotopic (exact) mass is 334 g/mol. The highest BCUT2D eigenvalue weighted by molar-refractivity contribution is 5.92. The van der Waals surface area contributed by atoms with Crippen molar-refractivity contribution in [3.8, 4) is 0 Å². The molecule has 1 amide bonds. The first kappa shape index (κ1) is 18.1. The molecule has 1 N–H and O–H groups in total. The molecule has 0 aromatic heterocycles. The Hall–Kier alpha value is -2.24. The molecule has 2 rings (SSSR count). The molecule has 1 aromatic carbocycles. The highest BCUT2D eigenvalue weighted by atomic mass is 16.6. The van der Waals surface area contributed by atoms with Crippen LogP contribution in [0.25, 0.3) is 0 Å². The standard InChI is InChI=1S/C18H26N2O4/c1-12-6-7-13(10-15(12)16(21)23-5)19-14-8-9-20(11-14)17(22)24-18(2,3)4/h6-7,10,14,19H,8-9,11H2,1-5H3. The van der Waals surface area contributed by atoms with Crippen molar-refractivity contribution in [2.24, 2.45) is 0 Å². The molecule has 1 aromatic rings. The van der Waals surface area contributed by atoms with E-state index in [1.807, 2.05) is 39.8 Å². The number of nitrogens with one attached hydrogen (secondary N) is 1. The maximum atomic E-state index is 12.1. The summed E-state index contributed by atoms with van der Waals surface area (Å²) in [5.74, 6) is -0.349. The van der Waals surface area contributed by atoms with Crippen LogP contribution in [-0.4, -0.2) is 48.8 Å². The van der Waals surface area contributed by atoms with Gasteiger partial charge in [-0.05, 0) is 51.8 Å². The molecule has 1 heterocycles. The summed E-state index contributed by atoms with van der Waals surface area (Å²) in [6.07, 6.45) is 0.548. The van der Waals surface area contributed by atoms with Gasteiger partial charge in [-0.25, -0.2) is 9.59 Å². The highest BCUT2D eigenvalue weighted by Gasteiger charge is 2.29. The van der Waals surface area contributed by atoms with Crippen LogP contribution in [0.4, 0.5) is 10.5 Å². The second-order valence-corrected chi connectivity index (χ2v) is 7.08. The Morgan fingerprint density at radius 2 is 2.00 bits per heavy atom. The summed E-state index contributed by atoms with van der Waals surface area (Å²) in [6, 6.07) is 5.73. The Bertz CT molecular complexity index is 622. The molecule has 1 aliphatic rings. The predicted molar refractivity (Wildman–Crippen MR) is 92.4 cm³/mol. The van der Waals surface area contributed by atoms with Gasteiger partial charge in [-0.15, -0.1) is 0 Å². The molecular formula is C18H26N2O4. The second-order valence-electron chi connectivity index (χ2n) is 7.08. The number of amides is 1. The number of hydrogen-bond acceptors (Lipinski definition) is 5. The molecule has 1 atom stereocenters. The van der Waals surface area contributed by atoms with E-state index in [4.69, 9.17) is 9.47 Å². The van der Waals surface area contributed by atoms with E-state index in [-0.39, 0.29) is 18.1 Å². The fourth-order valence-electron chi connectivity index (χ4n) is 2.65. The number of carbonyl (C=O) groups is 2. The van der Waals surface area contributed by atoms with Gasteiger partial charge in [0.1, 0.15) is 5.60 Å². The molecule has 6 nitrogen and oxygen atoms in total. The first-order valence-electron chi connectivity index (χ1n) is 8.13. The zero-order valence-electron chi connectivity index (χ0n) is 15.0. The number of esters is 1. The average molecular weight is 334 g/mol. The minimum atomic E-state index is -0.491. The Labute approximate surface area is 143 Å². The molecular weight excluding hydrogens is 308 g/mol. The molecule has 0 spiro atoms. The van der Waals surface area contributed by atoms with E-state index in [2.05, 4.69) is 5.32 Å². The average Bonchev–Trinajstić information content (AvgIpc) is 2.95. The highest BCUT2D eigenvalue weighted by Crippen LogP contribution is 2.21. The third kappa shape index (κ3) is 4.63. The van der Waals surface area contributed by atoms with Gasteiger partial charge in [0.15, 0.2) is 0 Å². The molecule has 1 fully saturated rings. The van der Waals surface area contributed by atoms with Crippen LogP contribution in [0.1, 0.15) is 43.1 Å². The van der Waals surface area contributed by atoms with Crippen LogP contribution in [0.15, 0.2) is 18.2 Å². The maximum absolute atomic E-state index is 12.1. The Balaban J connectivity index is 1.98. The van der Waals surface area contributed by atoms with Gasteiger partial charge in [0, 0.05) is 24.8 Å². The zero-order chi connectivity index (χ0) is 17.9. The van der Waals surface area contributed by atoms with Gasteiger partial charge >= 0.3 is 12.1 Å². The van der Waals surface area contributed by atoms with Crippen molar-refractivity contribution in [2.75, 3.05) is 25.5 Å². The van der Waals surface area contributed by atoms with Crippen LogP contribution in [0.5, 0.6) is 0 Å². The van der Waals surface area contributed by atoms with E-state index in [0.29, 0.717) is 18.7 Å². The lowest BCUT2D eigenvalue weighted by Gasteiger charge is -2.24. The lowest BCUT2D eigenvalue weighted by atomic mass is 10.1. The maximum Gasteiger partial charge on any atom is 0.410 e. The van der Waals surface area contributed by atoms with Crippen LogP contribution < -0.4 is 5.32 Å². The summed E-state index contributed by atoms with van der Waals surface area (Å²) in [6.45, 7) is 8.68. The normalized spacial score (nSPS) is 17.5. The third-order valence-corrected chi connectivity index (χ3v) is 3.85. The van der Waals surface area contributed by atoms with E-state index >= 15 is 0 Å². The number of methoxy groups -OCH3 is 1. The summed E-state index contributed by atoms with van der Waals surface area (Å²) < 4.78 is 10.2. The lowest BCUT2D eigenvalue weighted by molar-refractivity contribution is 0.0293. The van der Waals surface area contributed by atoms with Crippen LogP contribution in [0, 0.1) is 6.92 Å². The first-order chi connectivity index (χ1) is 11.2. The quantitative estimate of drug-likeness (QED) is 0.860. The van der Waals surface area contributed by atoms with Crippen LogP contribution in [-0.2, 0) is 9.47 Å². The smallest absolute Gasteiger partial charge is 0.410 e. The molecule has 1 saturated heterocycles. The number of ether oxygens (including phenoxy) is 2. The second kappa shape index (κ2) is 7.11. The Morgan fingerprint density at radius 3 is 2.62 bits per heavy atom. The molecule has 6 heteroatoms. The van der Waals surface area contributed by atoms with Gasteiger partial charge in [0.05, 0.1) is 12.7 Å². The number of anilines is 1. The predicted octanol–water partition coefficient (Wildman–Crippen LogP) is 3.20. The number of aryl methyl sites for hydroxylation is 1. The van der Waals surface area contributed by atoms with Crippen molar-refractivity contribution in [2.45, 2.75) is 45.8 Å².